The van der Waals surface area contributed by atoms with E-state index in [0.29, 0.717) is 24.4 Å². The molecule has 76 valence electrons. The highest BCUT2D eigenvalue weighted by Crippen LogP contribution is 2.38. The number of likely N-dealkylation sites (tertiary alicyclic amines) is 1. The molecule has 0 spiro atoms. The number of hydrogen-bond acceptors (Lipinski definition) is 3. The van der Waals surface area contributed by atoms with Gasteiger partial charge >= 0.3 is 0 Å². The SMILES string of the molecule is CN1CC2CC(O)CC(C1)C2CO. The molecular formula is C10H19NO2. The Bertz CT molecular complexity index is 156. The standard InChI is InChI=1S/C10H19NO2/c1-11-4-7-2-9(13)3-8(5-11)10(7)6-12/h7-10,12-13H,2-6H2,1H3. The highest BCUT2D eigenvalue weighted by atomic mass is 16.3. The molecule has 1 aliphatic carbocycles. The fraction of sp³-hybridized carbons (Fsp3) is 1.00. The van der Waals surface area contributed by atoms with E-state index < -0.39 is 0 Å². The van der Waals surface area contributed by atoms with E-state index in [9.17, 15) is 10.2 Å². The fourth-order valence-electron chi connectivity index (χ4n) is 3.12. The molecule has 0 radical (unpaired) electrons. The van der Waals surface area contributed by atoms with E-state index in [2.05, 4.69) is 11.9 Å². The number of nitrogens with zero attached hydrogens (tertiary/aromatic N) is 1. The molecule has 2 aliphatic rings. The fourth-order valence-corrected chi connectivity index (χ4v) is 3.12. The topological polar surface area (TPSA) is 43.7 Å². The van der Waals surface area contributed by atoms with Crippen LogP contribution in [-0.4, -0.2) is 48.0 Å². The zero-order valence-electron chi connectivity index (χ0n) is 8.19. The first-order chi connectivity index (χ1) is 6.20. The lowest BCUT2D eigenvalue weighted by molar-refractivity contribution is -0.0485. The van der Waals surface area contributed by atoms with E-state index in [1.807, 2.05) is 0 Å². The van der Waals surface area contributed by atoms with Gasteiger partial charge in [-0.3, -0.25) is 0 Å². The van der Waals surface area contributed by atoms with E-state index in [-0.39, 0.29) is 6.10 Å². The second-order valence-corrected chi connectivity index (χ2v) is 4.71. The van der Waals surface area contributed by atoms with E-state index in [4.69, 9.17) is 0 Å². The van der Waals surface area contributed by atoms with Gasteiger partial charge in [-0.2, -0.15) is 0 Å². The number of piperidine rings is 1. The third-order valence-corrected chi connectivity index (χ3v) is 3.66. The van der Waals surface area contributed by atoms with Crippen LogP contribution >= 0.6 is 0 Å². The summed E-state index contributed by atoms with van der Waals surface area (Å²) in [5.41, 5.74) is 0. The summed E-state index contributed by atoms with van der Waals surface area (Å²) in [4.78, 5) is 2.33. The summed E-state index contributed by atoms with van der Waals surface area (Å²) in [6, 6.07) is 0. The van der Waals surface area contributed by atoms with Gasteiger partial charge in [0.05, 0.1) is 6.10 Å². The molecule has 1 saturated carbocycles. The lowest BCUT2D eigenvalue weighted by Gasteiger charge is -2.47. The predicted molar refractivity (Wildman–Crippen MR) is 50.3 cm³/mol. The minimum Gasteiger partial charge on any atom is -0.396 e. The molecule has 13 heavy (non-hydrogen) atoms. The van der Waals surface area contributed by atoms with Crippen LogP contribution in [0.15, 0.2) is 0 Å². The Hall–Kier alpha value is -0.120. The second-order valence-electron chi connectivity index (χ2n) is 4.71. The van der Waals surface area contributed by atoms with Gasteiger partial charge in [0.2, 0.25) is 0 Å². The first-order valence-electron chi connectivity index (χ1n) is 5.18. The van der Waals surface area contributed by atoms with Crippen LogP contribution < -0.4 is 0 Å². The minimum absolute atomic E-state index is 0.119. The molecule has 2 N–H and O–H groups in total. The molecular weight excluding hydrogens is 166 g/mol. The van der Waals surface area contributed by atoms with Crippen molar-refractivity contribution in [3.63, 3.8) is 0 Å². The summed E-state index contributed by atoms with van der Waals surface area (Å²) in [5.74, 6) is 1.47. The molecule has 0 aromatic rings. The average Bonchev–Trinajstić information content (AvgIpc) is 2.01. The van der Waals surface area contributed by atoms with E-state index in [1.54, 1.807) is 0 Å². The number of hydrogen-bond donors (Lipinski definition) is 2. The third-order valence-electron chi connectivity index (χ3n) is 3.66. The molecule has 2 unspecified atom stereocenters. The second kappa shape index (κ2) is 3.56. The van der Waals surface area contributed by atoms with E-state index in [1.165, 1.54) is 0 Å². The first kappa shape index (κ1) is 9.44. The molecule has 1 aliphatic heterocycles. The molecule has 1 saturated heterocycles. The van der Waals surface area contributed by atoms with Gasteiger partial charge in [-0.05, 0) is 37.6 Å². The minimum atomic E-state index is -0.119. The van der Waals surface area contributed by atoms with Crippen molar-refractivity contribution in [3.8, 4) is 0 Å². The smallest absolute Gasteiger partial charge is 0.0546 e. The monoisotopic (exact) mass is 185 g/mol. The number of aliphatic hydroxyl groups excluding tert-OH is 2. The van der Waals surface area contributed by atoms with Crippen LogP contribution in [0.1, 0.15) is 12.8 Å². The third kappa shape index (κ3) is 1.73. The van der Waals surface area contributed by atoms with Crippen molar-refractivity contribution in [2.75, 3.05) is 26.7 Å². The maximum Gasteiger partial charge on any atom is 0.0546 e. The molecule has 0 aromatic heterocycles. The van der Waals surface area contributed by atoms with Crippen LogP contribution in [0.2, 0.25) is 0 Å². The Morgan fingerprint density at radius 3 is 2.23 bits per heavy atom. The molecule has 0 amide bonds. The van der Waals surface area contributed by atoms with Crippen LogP contribution in [0.4, 0.5) is 0 Å². The summed E-state index contributed by atoms with van der Waals surface area (Å²) >= 11 is 0. The van der Waals surface area contributed by atoms with Crippen molar-refractivity contribution < 1.29 is 10.2 Å². The molecule has 2 rings (SSSR count). The summed E-state index contributed by atoms with van der Waals surface area (Å²) in [7, 11) is 2.13. The molecule has 1 heterocycles. The Morgan fingerprint density at radius 1 is 1.23 bits per heavy atom. The average molecular weight is 185 g/mol. The van der Waals surface area contributed by atoms with Gasteiger partial charge in [0.15, 0.2) is 0 Å². The summed E-state index contributed by atoms with van der Waals surface area (Å²) < 4.78 is 0. The van der Waals surface area contributed by atoms with Gasteiger partial charge in [0, 0.05) is 19.7 Å². The maximum atomic E-state index is 9.61. The largest absolute Gasteiger partial charge is 0.396 e. The molecule has 0 aromatic carbocycles. The summed E-state index contributed by atoms with van der Waals surface area (Å²) in [6.07, 6.45) is 1.64. The quantitative estimate of drug-likeness (QED) is 0.601. The van der Waals surface area contributed by atoms with Crippen molar-refractivity contribution in [2.45, 2.75) is 18.9 Å². The van der Waals surface area contributed by atoms with Gasteiger partial charge in [0.1, 0.15) is 0 Å². The molecule has 3 nitrogen and oxygen atoms in total. The number of fused-ring (bicyclic) bond motifs is 2. The molecule has 2 bridgehead atoms. The lowest BCUT2D eigenvalue weighted by atomic mass is 9.68. The Morgan fingerprint density at radius 2 is 1.77 bits per heavy atom. The predicted octanol–water partition coefficient (Wildman–Crippen LogP) is -0.0726. The number of rotatable bonds is 1. The van der Waals surface area contributed by atoms with Crippen LogP contribution in [-0.2, 0) is 0 Å². The van der Waals surface area contributed by atoms with Crippen molar-refractivity contribution in [3.05, 3.63) is 0 Å². The Labute approximate surface area is 79.4 Å². The molecule has 2 fully saturated rings. The highest BCUT2D eigenvalue weighted by Gasteiger charge is 2.40. The highest BCUT2D eigenvalue weighted by molar-refractivity contribution is 4.92. The summed E-state index contributed by atoms with van der Waals surface area (Å²) in [6.45, 7) is 2.38. The van der Waals surface area contributed by atoms with Gasteiger partial charge in [-0.25, -0.2) is 0 Å². The lowest BCUT2D eigenvalue weighted by Crippen LogP contribution is -2.51. The van der Waals surface area contributed by atoms with Crippen LogP contribution in [0, 0.1) is 17.8 Å². The van der Waals surface area contributed by atoms with Crippen molar-refractivity contribution >= 4 is 0 Å². The Kier molecular flexibility index (Phi) is 2.58. The van der Waals surface area contributed by atoms with Gasteiger partial charge in [0.25, 0.3) is 0 Å². The number of aliphatic hydroxyl groups is 2. The van der Waals surface area contributed by atoms with Crippen molar-refractivity contribution in [1.82, 2.24) is 4.90 Å². The van der Waals surface area contributed by atoms with Crippen LogP contribution in [0.5, 0.6) is 0 Å². The van der Waals surface area contributed by atoms with Crippen molar-refractivity contribution in [1.29, 1.82) is 0 Å². The normalized spacial score (nSPS) is 46.4. The van der Waals surface area contributed by atoms with Gasteiger partial charge in [-0.1, -0.05) is 0 Å². The van der Waals surface area contributed by atoms with E-state index in [0.717, 1.165) is 25.9 Å². The van der Waals surface area contributed by atoms with Gasteiger partial charge in [-0.15, -0.1) is 0 Å². The molecule has 3 heteroatoms. The maximum absolute atomic E-state index is 9.61. The molecule has 2 atom stereocenters. The zero-order chi connectivity index (χ0) is 9.42. The zero-order valence-corrected chi connectivity index (χ0v) is 8.19. The summed E-state index contributed by atoms with van der Waals surface area (Å²) in [5, 5.41) is 18.9. The van der Waals surface area contributed by atoms with Crippen LogP contribution in [0.25, 0.3) is 0 Å². The van der Waals surface area contributed by atoms with Crippen molar-refractivity contribution in [2.24, 2.45) is 17.8 Å². The Balaban J connectivity index is 2.09. The van der Waals surface area contributed by atoms with Gasteiger partial charge < -0.3 is 15.1 Å². The van der Waals surface area contributed by atoms with Crippen LogP contribution in [0.3, 0.4) is 0 Å². The van der Waals surface area contributed by atoms with E-state index >= 15 is 0 Å². The first-order valence-corrected chi connectivity index (χ1v) is 5.18.